The van der Waals surface area contributed by atoms with E-state index in [1.54, 1.807) is 6.07 Å². The molecule has 0 atom stereocenters. The predicted molar refractivity (Wildman–Crippen MR) is 96.2 cm³/mol. The van der Waals surface area contributed by atoms with Gasteiger partial charge in [-0.25, -0.2) is 19.2 Å². The van der Waals surface area contributed by atoms with Gasteiger partial charge in [0.25, 0.3) is 0 Å². The molecule has 0 spiro atoms. The predicted octanol–water partition coefficient (Wildman–Crippen LogP) is 3.83. The Kier molecular flexibility index (Phi) is 8.60. The molecule has 3 N–H and O–H groups in total. The second kappa shape index (κ2) is 10.5. The number of anilines is 1. The van der Waals surface area contributed by atoms with Gasteiger partial charge in [-0.2, -0.15) is 5.48 Å². The number of aromatic nitrogens is 2. The summed E-state index contributed by atoms with van der Waals surface area (Å²) in [6.45, 7) is 8.01. The van der Waals surface area contributed by atoms with Gasteiger partial charge in [-0.15, -0.1) is 0 Å². The van der Waals surface area contributed by atoms with E-state index in [0.29, 0.717) is 17.0 Å². The van der Waals surface area contributed by atoms with Crippen LogP contribution in [0.3, 0.4) is 0 Å². The quantitative estimate of drug-likeness (QED) is 0.479. The fourth-order valence-electron chi connectivity index (χ4n) is 2.00. The van der Waals surface area contributed by atoms with Crippen molar-refractivity contribution in [2.45, 2.75) is 34.1 Å². The monoisotopic (exact) mass is 333 g/mol. The summed E-state index contributed by atoms with van der Waals surface area (Å²) in [5.41, 5.74) is 3.18. The van der Waals surface area contributed by atoms with Gasteiger partial charge in [0, 0.05) is 23.2 Å². The van der Waals surface area contributed by atoms with Crippen molar-refractivity contribution in [1.82, 2.24) is 9.97 Å². The van der Waals surface area contributed by atoms with E-state index in [9.17, 15) is 4.39 Å². The van der Waals surface area contributed by atoms with Crippen LogP contribution in [0.5, 0.6) is 0 Å². The van der Waals surface area contributed by atoms with E-state index in [1.807, 2.05) is 32.9 Å². The summed E-state index contributed by atoms with van der Waals surface area (Å²) in [6.07, 6.45) is 8.35. The van der Waals surface area contributed by atoms with Crippen molar-refractivity contribution in [1.29, 1.82) is 0 Å². The van der Waals surface area contributed by atoms with Crippen molar-refractivity contribution in [3.8, 4) is 0 Å². The zero-order chi connectivity index (χ0) is 17.9. The van der Waals surface area contributed by atoms with Crippen LogP contribution in [0.15, 0.2) is 42.4 Å². The third kappa shape index (κ3) is 5.11. The molecule has 2 rings (SSSR count). The molecular formula is C18H26FN4O+. The van der Waals surface area contributed by atoms with E-state index in [4.69, 9.17) is 4.84 Å². The van der Waals surface area contributed by atoms with Crippen LogP contribution in [-0.4, -0.2) is 17.1 Å². The topological polar surface area (TPSA) is 63.7 Å². The van der Waals surface area contributed by atoms with Gasteiger partial charge in [0.1, 0.15) is 12.1 Å². The molecule has 0 amide bonds. The lowest BCUT2D eigenvalue weighted by molar-refractivity contribution is -0.831. The Hall–Kier alpha value is -2.31. The molecule has 0 bridgehead atoms. The molecule has 24 heavy (non-hydrogen) atoms. The fraction of sp³-hybridized carbons (Fsp3) is 0.333. The van der Waals surface area contributed by atoms with Gasteiger partial charge in [0.15, 0.2) is 11.5 Å². The fourth-order valence-corrected chi connectivity index (χ4v) is 2.00. The minimum Gasteiger partial charge on any atom is -0.340 e. The number of benzene rings is 1. The lowest BCUT2D eigenvalue weighted by atomic mass is 10.2. The van der Waals surface area contributed by atoms with E-state index >= 15 is 0 Å². The van der Waals surface area contributed by atoms with Crippen LogP contribution < -0.4 is 10.8 Å². The Labute approximate surface area is 142 Å². The number of rotatable bonds is 6. The Bertz CT molecular complexity index is 713. The number of nitrogens with two attached hydrogens (primary N) is 1. The van der Waals surface area contributed by atoms with Crippen LogP contribution in [0.4, 0.5) is 15.9 Å². The first-order valence-corrected chi connectivity index (χ1v) is 8.09. The van der Waals surface area contributed by atoms with Crippen LogP contribution in [0.1, 0.15) is 34.1 Å². The lowest BCUT2D eigenvalue weighted by Crippen LogP contribution is -2.76. The van der Waals surface area contributed by atoms with E-state index < -0.39 is 0 Å². The highest BCUT2D eigenvalue weighted by atomic mass is 19.1. The Morgan fingerprint density at radius 3 is 2.71 bits per heavy atom. The Morgan fingerprint density at radius 2 is 2.08 bits per heavy atom. The average molecular weight is 333 g/mol. The molecule has 0 fully saturated rings. The zero-order valence-corrected chi connectivity index (χ0v) is 14.9. The molecule has 0 saturated heterocycles. The van der Waals surface area contributed by atoms with E-state index in [2.05, 4.69) is 28.3 Å². The summed E-state index contributed by atoms with van der Waals surface area (Å²) in [6, 6.07) is 3.05. The number of nitrogens with zero attached hydrogens (tertiary/aromatic N) is 2. The molecular weight excluding hydrogens is 307 g/mol. The minimum atomic E-state index is -0.379. The standard InChI is InChI=1S/C16H19FN4O.C2H6/c1-4-6-7-11(5-2)20-16-12-8-15(21-22-3)13(17)9-14(12)18-10-19-16;1-2/h5-10,21H,4H2,1-3H3,(H,18,19,20);1-2H3/p+1/b7-6-,11-5+;. The molecule has 1 aromatic heterocycles. The number of allylic oxidation sites excluding steroid dienone is 3. The maximum Gasteiger partial charge on any atom is 0.198 e. The van der Waals surface area contributed by atoms with Crippen LogP contribution >= 0.6 is 0 Å². The van der Waals surface area contributed by atoms with E-state index in [-0.39, 0.29) is 5.82 Å². The Morgan fingerprint density at radius 1 is 1.33 bits per heavy atom. The van der Waals surface area contributed by atoms with Crippen molar-refractivity contribution >= 4 is 22.4 Å². The van der Waals surface area contributed by atoms with Gasteiger partial charge in [-0.05, 0) is 19.4 Å². The van der Waals surface area contributed by atoms with Crippen molar-refractivity contribution in [2.24, 2.45) is 0 Å². The molecule has 130 valence electrons. The summed E-state index contributed by atoms with van der Waals surface area (Å²) in [5, 5.41) is 3.97. The molecule has 0 saturated carbocycles. The molecule has 6 heteroatoms. The van der Waals surface area contributed by atoms with Gasteiger partial charge < -0.3 is 5.32 Å². The second-order valence-corrected chi connectivity index (χ2v) is 4.65. The van der Waals surface area contributed by atoms with Crippen molar-refractivity contribution in [2.75, 3.05) is 12.4 Å². The van der Waals surface area contributed by atoms with Crippen LogP contribution in [0.25, 0.3) is 10.9 Å². The first-order chi connectivity index (χ1) is 11.7. The first-order valence-electron chi connectivity index (χ1n) is 8.09. The highest BCUT2D eigenvalue weighted by Crippen LogP contribution is 2.24. The van der Waals surface area contributed by atoms with Gasteiger partial charge >= 0.3 is 0 Å². The number of fused-ring (bicyclic) bond motifs is 1. The highest BCUT2D eigenvalue weighted by molar-refractivity contribution is 5.91. The van der Waals surface area contributed by atoms with Crippen molar-refractivity contribution in [3.05, 3.63) is 48.2 Å². The number of halogens is 1. The molecule has 1 heterocycles. The third-order valence-electron chi connectivity index (χ3n) is 3.11. The minimum absolute atomic E-state index is 0.360. The summed E-state index contributed by atoms with van der Waals surface area (Å²) >= 11 is 0. The molecule has 0 aliphatic heterocycles. The van der Waals surface area contributed by atoms with Gasteiger partial charge in [0.2, 0.25) is 0 Å². The maximum absolute atomic E-state index is 13.9. The van der Waals surface area contributed by atoms with Gasteiger partial charge in [-0.3, -0.25) is 0 Å². The second-order valence-electron chi connectivity index (χ2n) is 4.65. The van der Waals surface area contributed by atoms with Crippen molar-refractivity contribution in [3.63, 3.8) is 0 Å². The van der Waals surface area contributed by atoms with Crippen LogP contribution in [-0.2, 0) is 4.84 Å². The molecule has 0 aliphatic carbocycles. The van der Waals surface area contributed by atoms with Crippen LogP contribution in [0.2, 0.25) is 0 Å². The van der Waals surface area contributed by atoms with Crippen LogP contribution in [0, 0.1) is 5.82 Å². The Balaban J connectivity index is 0.00000139. The smallest absolute Gasteiger partial charge is 0.198 e. The first kappa shape index (κ1) is 19.7. The molecule has 0 unspecified atom stereocenters. The van der Waals surface area contributed by atoms with E-state index in [0.717, 1.165) is 17.5 Å². The molecule has 2 aromatic rings. The number of nitrogens with one attached hydrogen (secondary N) is 1. The summed E-state index contributed by atoms with van der Waals surface area (Å²) in [5.74, 6) is 0.251. The number of hydrogen-bond acceptors (Lipinski definition) is 4. The largest absolute Gasteiger partial charge is 0.340 e. The zero-order valence-electron chi connectivity index (χ0n) is 14.9. The average Bonchev–Trinajstić information content (AvgIpc) is 2.61. The van der Waals surface area contributed by atoms with Gasteiger partial charge in [0.05, 0.1) is 12.6 Å². The number of hydrogen-bond donors (Lipinski definition) is 2. The normalized spacial score (nSPS) is 11.5. The van der Waals surface area contributed by atoms with Crippen molar-refractivity contribution < 1.29 is 14.7 Å². The third-order valence-corrected chi connectivity index (χ3v) is 3.11. The SMILES string of the molecule is C/C=C(\C=C/CC)Nc1ncnc2cc(F)c([NH2+]OC)cc12.CC. The summed E-state index contributed by atoms with van der Waals surface area (Å²) in [7, 11) is 1.48. The molecule has 0 aliphatic rings. The van der Waals surface area contributed by atoms with Gasteiger partial charge in [-0.1, -0.05) is 32.9 Å². The number of quaternary nitrogens is 1. The molecule has 5 nitrogen and oxygen atoms in total. The maximum atomic E-state index is 13.9. The summed E-state index contributed by atoms with van der Waals surface area (Å²) < 4.78 is 13.9. The highest BCUT2D eigenvalue weighted by Gasteiger charge is 2.13. The summed E-state index contributed by atoms with van der Waals surface area (Å²) in [4.78, 5) is 13.3. The lowest BCUT2D eigenvalue weighted by Gasteiger charge is -2.09. The van der Waals surface area contributed by atoms with E-state index in [1.165, 1.54) is 25.0 Å². The molecule has 1 aromatic carbocycles. The molecule has 0 radical (unpaired) electrons.